The van der Waals surface area contributed by atoms with Crippen LogP contribution >= 0.6 is 24.0 Å². The number of carbonyl (C=O) groups excluding carboxylic acids is 1. The normalized spacial score (nSPS) is 30.8. The summed E-state index contributed by atoms with van der Waals surface area (Å²) < 4.78 is 16.8. The molecule has 0 saturated carbocycles. The van der Waals surface area contributed by atoms with Gasteiger partial charge in [-0.05, 0) is 30.7 Å². The SMILES string of the molecule is CCN1C(=O)C(=Cc2ccc(OC3OC(CO)C(O)C(O)C3O)c(OC)c2)SC1=S. The fourth-order valence-electron chi connectivity index (χ4n) is 3.09. The van der Waals surface area contributed by atoms with Crippen molar-refractivity contribution in [3.63, 3.8) is 0 Å². The Bertz CT molecular complexity index is 846. The third-order valence-electron chi connectivity index (χ3n) is 4.77. The van der Waals surface area contributed by atoms with Crippen molar-refractivity contribution in [1.82, 2.24) is 4.90 Å². The van der Waals surface area contributed by atoms with Crippen molar-refractivity contribution >= 4 is 40.3 Å². The van der Waals surface area contributed by atoms with Gasteiger partial charge in [-0.3, -0.25) is 9.69 Å². The summed E-state index contributed by atoms with van der Waals surface area (Å²) >= 11 is 6.43. The van der Waals surface area contributed by atoms with Crippen LogP contribution in [0.3, 0.4) is 0 Å². The van der Waals surface area contributed by atoms with Crippen LogP contribution < -0.4 is 9.47 Å². The molecule has 2 heterocycles. The van der Waals surface area contributed by atoms with Gasteiger partial charge in [-0.15, -0.1) is 0 Å². The summed E-state index contributed by atoms with van der Waals surface area (Å²) in [6, 6.07) is 4.88. The summed E-state index contributed by atoms with van der Waals surface area (Å²) in [6.45, 7) is 1.79. The first-order chi connectivity index (χ1) is 14.3. The van der Waals surface area contributed by atoms with Crippen molar-refractivity contribution in [3.05, 3.63) is 28.7 Å². The molecule has 4 N–H and O–H groups in total. The van der Waals surface area contributed by atoms with Gasteiger partial charge in [0, 0.05) is 6.54 Å². The van der Waals surface area contributed by atoms with E-state index in [0.29, 0.717) is 27.1 Å². The predicted molar refractivity (Wildman–Crippen MR) is 113 cm³/mol. The molecule has 2 aliphatic heterocycles. The summed E-state index contributed by atoms with van der Waals surface area (Å²) in [5, 5.41) is 39.2. The smallest absolute Gasteiger partial charge is 0.266 e. The topological polar surface area (TPSA) is 129 Å². The average Bonchev–Trinajstić information content (AvgIpc) is 3.01. The Morgan fingerprint density at radius 3 is 2.57 bits per heavy atom. The number of ether oxygens (including phenoxy) is 3. The molecular formula is C19H23NO8S2. The summed E-state index contributed by atoms with van der Waals surface area (Å²) in [5.41, 5.74) is 0.671. The van der Waals surface area contributed by atoms with E-state index in [1.807, 2.05) is 6.92 Å². The number of nitrogens with zero attached hydrogens (tertiary/aromatic N) is 1. The molecule has 0 aliphatic carbocycles. The minimum absolute atomic E-state index is 0.159. The number of thiocarbonyl (C=S) groups is 1. The first-order valence-corrected chi connectivity index (χ1v) is 10.4. The molecule has 0 spiro atoms. The van der Waals surface area contributed by atoms with Crippen molar-refractivity contribution in [3.8, 4) is 11.5 Å². The number of thioether (sulfide) groups is 1. The zero-order valence-corrected chi connectivity index (χ0v) is 17.9. The van der Waals surface area contributed by atoms with E-state index in [9.17, 15) is 25.2 Å². The van der Waals surface area contributed by atoms with Gasteiger partial charge >= 0.3 is 0 Å². The molecule has 30 heavy (non-hydrogen) atoms. The standard InChI is InChI=1S/C19H23NO8S2/c1-3-20-17(25)13(30-19(20)29)7-9-4-5-10(11(6-9)26-2)27-18-16(24)15(23)14(22)12(8-21)28-18/h4-7,12,14-16,18,21-24H,3,8H2,1-2H3. The number of rotatable bonds is 6. The van der Waals surface area contributed by atoms with Crippen molar-refractivity contribution in [2.24, 2.45) is 0 Å². The zero-order chi connectivity index (χ0) is 22.0. The largest absolute Gasteiger partial charge is 0.493 e. The van der Waals surface area contributed by atoms with E-state index in [4.69, 9.17) is 26.4 Å². The second-order valence-corrected chi connectivity index (χ2v) is 8.33. The van der Waals surface area contributed by atoms with E-state index in [-0.39, 0.29) is 11.7 Å². The Kier molecular flexibility index (Phi) is 7.34. The van der Waals surface area contributed by atoms with Crippen LogP contribution in [0.1, 0.15) is 12.5 Å². The molecule has 0 radical (unpaired) electrons. The lowest BCUT2D eigenvalue weighted by molar-refractivity contribution is -0.277. The molecule has 11 heteroatoms. The number of benzene rings is 1. The molecule has 1 aromatic rings. The Balaban J connectivity index is 1.81. The second kappa shape index (κ2) is 9.60. The first-order valence-electron chi connectivity index (χ1n) is 9.21. The lowest BCUT2D eigenvalue weighted by Gasteiger charge is -2.39. The lowest BCUT2D eigenvalue weighted by Crippen LogP contribution is -2.60. The van der Waals surface area contributed by atoms with Gasteiger partial charge in [0.05, 0.1) is 18.6 Å². The average molecular weight is 458 g/mol. The van der Waals surface area contributed by atoms with E-state index in [2.05, 4.69) is 0 Å². The summed E-state index contributed by atoms with van der Waals surface area (Å²) in [5.74, 6) is 0.347. The third-order valence-corrected chi connectivity index (χ3v) is 6.14. The fourth-order valence-corrected chi connectivity index (χ4v) is 4.47. The van der Waals surface area contributed by atoms with Gasteiger partial charge in [0.15, 0.2) is 11.5 Å². The maximum atomic E-state index is 12.4. The summed E-state index contributed by atoms with van der Waals surface area (Å²) in [6.07, 6.45) is -5.29. The molecule has 1 amide bonds. The van der Waals surface area contributed by atoms with Crippen LogP contribution in [0.4, 0.5) is 0 Å². The highest BCUT2D eigenvalue weighted by atomic mass is 32.2. The Morgan fingerprint density at radius 1 is 1.23 bits per heavy atom. The van der Waals surface area contributed by atoms with Crippen molar-refractivity contribution in [1.29, 1.82) is 0 Å². The van der Waals surface area contributed by atoms with Crippen LogP contribution in [0.5, 0.6) is 11.5 Å². The van der Waals surface area contributed by atoms with E-state index in [1.165, 1.54) is 23.8 Å². The number of methoxy groups -OCH3 is 1. The molecule has 3 rings (SSSR count). The maximum absolute atomic E-state index is 12.4. The molecule has 1 aromatic carbocycles. The third kappa shape index (κ3) is 4.47. The van der Waals surface area contributed by atoms with Crippen LogP contribution in [0, 0.1) is 0 Å². The number of hydrogen-bond donors (Lipinski definition) is 4. The highest BCUT2D eigenvalue weighted by Gasteiger charge is 2.45. The van der Waals surface area contributed by atoms with Gasteiger partial charge < -0.3 is 34.6 Å². The number of likely N-dealkylation sites (N-methyl/N-ethyl adjacent to an activating group) is 1. The molecule has 0 bridgehead atoms. The van der Waals surface area contributed by atoms with Crippen LogP contribution in [-0.2, 0) is 9.53 Å². The van der Waals surface area contributed by atoms with Gasteiger partial charge in [0.25, 0.3) is 5.91 Å². The molecule has 5 atom stereocenters. The Labute approximate surface area is 182 Å². The van der Waals surface area contributed by atoms with Crippen LogP contribution in [-0.4, -0.2) is 86.5 Å². The van der Waals surface area contributed by atoms with Crippen LogP contribution in [0.15, 0.2) is 23.1 Å². The van der Waals surface area contributed by atoms with Crippen molar-refractivity contribution in [2.45, 2.75) is 37.6 Å². The highest BCUT2D eigenvalue weighted by molar-refractivity contribution is 8.26. The minimum atomic E-state index is -1.55. The maximum Gasteiger partial charge on any atom is 0.266 e. The monoisotopic (exact) mass is 457 g/mol. The number of aliphatic hydroxyl groups excluding tert-OH is 4. The fraction of sp³-hybridized carbons (Fsp3) is 0.474. The second-order valence-electron chi connectivity index (χ2n) is 6.65. The number of carbonyl (C=O) groups is 1. The Hall–Kier alpha value is -1.73. The van der Waals surface area contributed by atoms with Gasteiger partial charge in [-0.2, -0.15) is 0 Å². The van der Waals surface area contributed by atoms with E-state index in [1.54, 1.807) is 24.3 Å². The van der Waals surface area contributed by atoms with Gasteiger partial charge in [0.1, 0.15) is 28.7 Å². The summed E-state index contributed by atoms with van der Waals surface area (Å²) in [7, 11) is 1.43. The van der Waals surface area contributed by atoms with Crippen molar-refractivity contribution in [2.75, 3.05) is 20.3 Å². The molecule has 2 fully saturated rings. The number of aliphatic hydroxyl groups is 4. The highest BCUT2D eigenvalue weighted by Crippen LogP contribution is 2.35. The van der Waals surface area contributed by atoms with Gasteiger partial charge in [-0.1, -0.05) is 30.0 Å². The molecule has 2 saturated heterocycles. The molecular weight excluding hydrogens is 434 g/mol. The predicted octanol–water partition coefficient (Wildman–Crippen LogP) is 0.0950. The first kappa shape index (κ1) is 22.9. The van der Waals surface area contributed by atoms with Crippen molar-refractivity contribution < 1.29 is 39.4 Å². The zero-order valence-electron chi connectivity index (χ0n) is 16.3. The summed E-state index contributed by atoms with van der Waals surface area (Å²) in [4.78, 5) is 14.4. The minimum Gasteiger partial charge on any atom is -0.493 e. The molecule has 5 unspecified atom stereocenters. The molecule has 0 aromatic heterocycles. The van der Waals surface area contributed by atoms with Gasteiger partial charge in [0.2, 0.25) is 6.29 Å². The van der Waals surface area contributed by atoms with E-state index in [0.717, 1.165) is 0 Å². The number of hydrogen-bond acceptors (Lipinski definition) is 10. The lowest BCUT2D eigenvalue weighted by atomic mass is 9.99. The molecule has 164 valence electrons. The molecule has 2 aliphatic rings. The Morgan fingerprint density at radius 2 is 1.97 bits per heavy atom. The van der Waals surface area contributed by atoms with Crippen LogP contribution in [0.25, 0.3) is 6.08 Å². The van der Waals surface area contributed by atoms with E-state index < -0.39 is 37.3 Å². The quantitative estimate of drug-likeness (QED) is 0.345. The van der Waals surface area contributed by atoms with Crippen LogP contribution in [0.2, 0.25) is 0 Å². The number of amides is 1. The molecule has 9 nitrogen and oxygen atoms in total. The van der Waals surface area contributed by atoms with Gasteiger partial charge in [-0.25, -0.2) is 0 Å². The van der Waals surface area contributed by atoms with E-state index >= 15 is 0 Å².